The second-order valence-corrected chi connectivity index (χ2v) is 7.88. The lowest BCUT2D eigenvalue weighted by molar-refractivity contribution is -0.136. The summed E-state index contributed by atoms with van der Waals surface area (Å²) >= 11 is 0. The molecule has 1 aromatic heterocycles. The van der Waals surface area contributed by atoms with Crippen molar-refractivity contribution in [2.24, 2.45) is 17.8 Å². The molecule has 1 saturated carbocycles. The Balaban J connectivity index is 2.00. The molecule has 6 nitrogen and oxygen atoms in total. The van der Waals surface area contributed by atoms with Crippen LogP contribution in [0.5, 0.6) is 0 Å². The quantitative estimate of drug-likeness (QED) is 0.782. The van der Waals surface area contributed by atoms with Crippen LogP contribution < -0.4 is 5.32 Å². The van der Waals surface area contributed by atoms with Gasteiger partial charge in [-0.25, -0.2) is 0 Å². The second kappa shape index (κ2) is 9.02. The van der Waals surface area contributed by atoms with Crippen LogP contribution in [0, 0.1) is 17.8 Å². The highest BCUT2D eigenvalue weighted by Gasteiger charge is 2.28. The summed E-state index contributed by atoms with van der Waals surface area (Å²) in [6.07, 6.45) is 4.22. The van der Waals surface area contributed by atoms with Crippen molar-refractivity contribution >= 4 is 11.8 Å². The van der Waals surface area contributed by atoms with E-state index in [1.54, 1.807) is 6.07 Å². The Kier molecular flexibility index (Phi) is 7.02. The molecular formula is C19H31N3O3. The molecule has 25 heavy (non-hydrogen) atoms. The van der Waals surface area contributed by atoms with Gasteiger partial charge < -0.3 is 14.7 Å². The van der Waals surface area contributed by atoms with Crippen LogP contribution in [0.1, 0.15) is 69.6 Å². The fourth-order valence-corrected chi connectivity index (χ4v) is 3.17. The predicted molar refractivity (Wildman–Crippen MR) is 95.9 cm³/mol. The topological polar surface area (TPSA) is 75.4 Å². The van der Waals surface area contributed by atoms with E-state index in [1.165, 1.54) is 0 Å². The summed E-state index contributed by atoms with van der Waals surface area (Å²) in [5.74, 6) is 1.41. The summed E-state index contributed by atoms with van der Waals surface area (Å²) in [7, 11) is 0. The van der Waals surface area contributed by atoms with E-state index in [-0.39, 0.29) is 23.4 Å². The largest absolute Gasteiger partial charge is 0.359 e. The number of amides is 2. The minimum atomic E-state index is -0.235. The normalized spacial score (nSPS) is 15.1. The molecular weight excluding hydrogens is 318 g/mol. The average Bonchev–Trinajstić information content (AvgIpc) is 3.22. The van der Waals surface area contributed by atoms with Crippen molar-refractivity contribution in [3.8, 4) is 0 Å². The number of nitrogens with zero attached hydrogens (tertiary/aromatic N) is 2. The van der Waals surface area contributed by atoms with Gasteiger partial charge in [0.05, 0.1) is 6.54 Å². The van der Waals surface area contributed by atoms with Gasteiger partial charge in [0, 0.05) is 25.1 Å². The fraction of sp³-hybridized carbons (Fsp3) is 0.737. The molecule has 0 radical (unpaired) electrons. The Morgan fingerprint density at radius 2 is 1.92 bits per heavy atom. The van der Waals surface area contributed by atoms with Gasteiger partial charge in [-0.05, 0) is 24.7 Å². The lowest BCUT2D eigenvalue weighted by Crippen LogP contribution is -2.37. The van der Waals surface area contributed by atoms with Gasteiger partial charge in [-0.2, -0.15) is 0 Å². The predicted octanol–water partition coefficient (Wildman–Crippen LogP) is 3.24. The van der Waals surface area contributed by atoms with E-state index in [1.807, 2.05) is 18.7 Å². The Labute approximate surface area is 150 Å². The van der Waals surface area contributed by atoms with Crippen LogP contribution in [0.2, 0.25) is 0 Å². The molecule has 140 valence electrons. The number of carbonyl (C=O) groups is 2. The van der Waals surface area contributed by atoms with Crippen LogP contribution in [-0.2, 0) is 11.3 Å². The third kappa shape index (κ3) is 5.87. The molecule has 6 heteroatoms. The van der Waals surface area contributed by atoms with E-state index in [9.17, 15) is 9.59 Å². The second-order valence-electron chi connectivity index (χ2n) is 7.88. The smallest absolute Gasteiger partial charge is 0.273 e. The average molecular weight is 349 g/mol. The summed E-state index contributed by atoms with van der Waals surface area (Å²) in [6, 6.07) is 1.64. The van der Waals surface area contributed by atoms with Crippen LogP contribution in [0.4, 0.5) is 0 Å². The van der Waals surface area contributed by atoms with Crippen LogP contribution in [0.3, 0.4) is 0 Å². The molecule has 0 bridgehead atoms. The van der Waals surface area contributed by atoms with Crippen molar-refractivity contribution in [2.45, 2.75) is 59.9 Å². The van der Waals surface area contributed by atoms with Crippen molar-refractivity contribution < 1.29 is 14.1 Å². The van der Waals surface area contributed by atoms with Gasteiger partial charge in [0.25, 0.3) is 5.91 Å². The molecule has 0 aromatic carbocycles. The first-order chi connectivity index (χ1) is 11.9. The zero-order valence-corrected chi connectivity index (χ0v) is 15.9. The Bertz CT molecular complexity index is 574. The standard InChI is InChI=1S/C19H31N3O3/c1-13(2)10-20-18(23)17-9-16(25-21-17)12-22(11-14(3)4)19(24)15-7-5-6-8-15/h9,13-15H,5-8,10-12H2,1-4H3,(H,20,23). The molecule has 2 rings (SSSR count). The molecule has 0 atom stereocenters. The summed E-state index contributed by atoms with van der Waals surface area (Å²) < 4.78 is 5.31. The van der Waals surface area contributed by atoms with E-state index in [0.29, 0.717) is 37.2 Å². The van der Waals surface area contributed by atoms with Crippen LogP contribution >= 0.6 is 0 Å². The third-order valence-corrected chi connectivity index (χ3v) is 4.41. The highest BCUT2D eigenvalue weighted by molar-refractivity contribution is 5.92. The van der Waals surface area contributed by atoms with Crippen LogP contribution in [-0.4, -0.2) is 35.0 Å². The lowest BCUT2D eigenvalue weighted by Gasteiger charge is -2.26. The van der Waals surface area contributed by atoms with Crippen molar-refractivity contribution in [3.63, 3.8) is 0 Å². The van der Waals surface area contributed by atoms with Gasteiger partial charge >= 0.3 is 0 Å². The van der Waals surface area contributed by atoms with Gasteiger partial charge in [0.1, 0.15) is 0 Å². The molecule has 1 fully saturated rings. The van der Waals surface area contributed by atoms with Gasteiger partial charge in [-0.1, -0.05) is 45.7 Å². The summed E-state index contributed by atoms with van der Waals surface area (Å²) in [5.41, 5.74) is 0.272. The van der Waals surface area contributed by atoms with Crippen LogP contribution in [0.25, 0.3) is 0 Å². The first-order valence-electron chi connectivity index (χ1n) is 9.39. The highest BCUT2D eigenvalue weighted by atomic mass is 16.5. The Morgan fingerprint density at radius 3 is 2.52 bits per heavy atom. The molecule has 0 saturated heterocycles. The van der Waals surface area contributed by atoms with Gasteiger partial charge in [-0.3, -0.25) is 9.59 Å². The fourth-order valence-electron chi connectivity index (χ4n) is 3.17. The Hall–Kier alpha value is -1.85. The molecule has 0 unspecified atom stereocenters. The van der Waals surface area contributed by atoms with Gasteiger partial charge in [-0.15, -0.1) is 0 Å². The number of rotatable bonds is 8. The van der Waals surface area contributed by atoms with Crippen LogP contribution in [0.15, 0.2) is 10.6 Å². The molecule has 1 aliphatic rings. The van der Waals surface area contributed by atoms with Gasteiger partial charge in [0.2, 0.25) is 5.91 Å². The number of nitrogens with one attached hydrogen (secondary N) is 1. The van der Waals surface area contributed by atoms with E-state index >= 15 is 0 Å². The molecule has 0 spiro atoms. The zero-order valence-electron chi connectivity index (χ0n) is 15.9. The zero-order chi connectivity index (χ0) is 18.4. The SMILES string of the molecule is CC(C)CNC(=O)c1cc(CN(CC(C)C)C(=O)C2CCCC2)on1. The van der Waals surface area contributed by atoms with Crippen molar-refractivity contribution in [1.82, 2.24) is 15.4 Å². The van der Waals surface area contributed by atoms with E-state index in [0.717, 1.165) is 25.7 Å². The van der Waals surface area contributed by atoms with Gasteiger partial charge in [0.15, 0.2) is 11.5 Å². The molecule has 2 amide bonds. The number of hydrogen-bond donors (Lipinski definition) is 1. The summed E-state index contributed by atoms with van der Waals surface area (Å²) in [5, 5.41) is 6.68. The van der Waals surface area contributed by atoms with E-state index in [4.69, 9.17) is 4.52 Å². The first-order valence-corrected chi connectivity index (χ1v) is 9.39. The lowest BCUT2D eigenvalue weighted by atomic mass is 10.1. The summed E-state index contributed by atoms with van der Waals surface area (Å²) in [6.45, 7) is 9.92. The third-order valence-electron chi connectivity index (χ3n) is 4.41. The highest BCUT2D eigenvalue weighted by Crippen LogP contribution is 2.27. The molecule has 1 aliphatic carbocycles. The maximum absolute atomic E-state index is 12.8. The number of carbonyl (C=O) groups excluding carboxylic acids is 2. The molecule has 1 aromatic rings. The molecule has 1 N–H and O–H groups in total. The molecule has 0 aliphatic heterocycles. The first kappa shape index (κ1) is 19.5. The minimum absolute atomic E-state index is 0.135. The molecule has 1 heterocycles. The number of hydrogen-bond acceptors (Lipinski definition) is 4. The number of aromatic nitrogens is 1. The van der Waals surface area contributed by atoms with Crippen molar-refractivity contribution in [2.75, 3.05) is 13.1 Å². The van der Waals surface area contributed by atoms with Crippen molar-refractivity contribution in [3.05, 3.63) is 17.5 Å². The van der Waals surface area contributed by atoms with Crippen molar-refractivity contribution in [1.29, 1.82) is 0 Å². The Morgan fingerprint density at radius 1 is 1.24 bits per heavy atom. The minimum Gasteiger partial charge on any atom is -0.359 e. The van der Waals surface area contributed by atoms with E-state index < -0.39 is 0 Å². The maximum Gasteiger partial charge on any atom is 0.273 e. The monoisotopic (exact) mass is 349 g/mol. The summed E-state index contributed by atoms with van der Waals surface area (Å²) in [4.78, 5) is 26.7. The van der Waals surface area contributed by atoms with E-state index in [2.05, 4.69) is 24.3 Å². The maximum atomic E-state index is 12.8.